The zero-order valence-corrected chi connectivity index (χ0v) is 10.9. The molecule has 1 aliphatic rings. The fourth-order valence-corrected chi connectivity index (χ4v) is 2.27. The molecule has 4 heteroatoms. The van der Waals surface area contributed by atoms with Gasteiger partial charge in [0.05, 0.1) is 7.11 Å². The Balaban J connectivity index is 0.00000144. The molecule has 0 radical (unpaired) electrons. The summed E-state index contributed by atoms with van der Waals surface area (Å²) in [5.74, 6) is 0.704. The molecular weight excluding hydrogens is 241 g/mol. The van der Waals surface area contributed by atoms with E-state index in [4.69, 9.17) is 4.74 Å². The highest BCUT2D eigenvalue weighted by Gasteiger charge is 2.14. The van der Waals surface area contributed by atoms with Crippen molar-refractivity contribution in [1.82, 2.24) is 5.32 Å². The number of halogens is 2. The normalized spacial score (nSPS) is 19.5. The molecule has 1 heterocycles. The largest absolute Gasteiger partial charge is 0.494 e. The Morgan fingerprint density at radius 2 is 2.29 bits per heavy atom. The summed E-state index contributed by atoms with van der Waals surface area (Å²) in [5.41, 5.74) is 1.06. The number of benzene rings is 1. The van der Waals surface area contributed by atoms with Gasteiger partial charge in [0.2, 0.25) is 0 Å². The molecule has 0 aliphatic carbocycles. The lowest BCUT2D eigenvalue weighted by atomic mass is 9.92. The summed E-state index contributed by atoms with van der Waals surface area (Å²) in [6.07, 6.45) is 3.41. The molecular formula is C13H19ClFNO. The summed E-state index contributed by atoms with van der Waals surface area (Å²) < 4.78 is 18.4. The van der Waals surface area contributed by atoms with Gasteiger partial charge in [-0.3, -0.25) is 0 Å². The van der Waals surface area contributed by atoms with Crippen molar-refractivity contribution in [1.29, 1.82) is 0 Å². The van der Waals surface area contributed by atoms with E-state index in [1.54, 1.807) is 12.1 Å². The summed E-state index contributed by atoms with van der Waals surface area (Å²) >= 11 is 0. The van der Waals surface area contributed by atoms with Crippen molar-refractivity contribution in [3.05, 3.63) is 29.6 Å². The number of rotatable bonds is 3. The van der Waals surface area contributed by atoms with E-state index in [-0.39, 0.29) is 18.2 Å². The predicted molar refractivity (Wildman–Crippen MR) is 69.5 cm³/mol. The topological polar surface area (TPSA) is 21.3 Å². The average Bonchev–Trinajstić information content (AvgIpc) is 2.31. The SMILES string of the molecule is COc1ccc(CC2CCCNC2)cc1F.Cl. The third-order valence-corrected chi connectivity index (χ3v) is 3.14. The van der Waals surface area contributed by atoms with E-state index in [0.29, 0.717) is 11.7 Å². The highest BCUT2D eigenvalue weighted by molar-refractivity contribution is 5.85. The minimum Gasteiger partial charge on any atom is -0.494 e. The summed E-state index contributed by atoms with van der Waals surface area (Å²) in [7, 11) is 1.49. The lowest BCUT2D eigenvalue weighted by Crippen LogP contribution is -2.30. The Labute approximate surface area is 108 Å². The zero-order valence-electron chi connectivity index (χ0n) is 10.0. The fourth-order valence-electron chi connectivity index (χ4n) is 2.27. The first-order valence-corrected chi connectivity index (χ1v) is 5.82. The minimum absolute atomic E-state index is 0. The maximum Gasteiger partial charge on any atom is 0.165 e. The van der Waals surface area contributed by atoms with Gasteiger partial charge in [-0.15, -0.1) is 12.4 Å². The highest BCUT2D eigenvalue weighted by Crippen LogP contribution is 2.21. The molecule has 1 N–H and O–H groups in total. The second-order valence-corrected chi connectivity index (χ2v) is 4.39. The van der Waals surface area contributed by atoms with Gasteiger partial charge in [-0.2, -0.15) is 0 Å². The molecule has 0 spiro atoms. The monoisotopic (exact) mass is 259 g/mol. The standard InChI is InChI=1S/C13H18FNO.ClH/c1-16-13-5-4-10(8-12(13)14)7-11-3-2-6-15-9-11;/h4-5,8,11,15H,2-3,6-7,9H2,1H3;1H. The van der Waals surface area contributed by atoms with Crippen LogP contribution in [0, 0.1) is 11.7 Å². The van der Waals surface area contributed by atoms with Crippen LogP contribution in [0.25, 0.3) is 0 Å². The molecule has 17 heavy (non-hydrogen) atoms. The van der Waals surface area contributed by atoms with Crippen LogP contribution >= 0.6 is 12.4 Å². The predicted octanol–water partition coefficient (Wildman–Crippen LogP) is 2.80. The lowest BCUT2D eigenvalue weighted by molar-refractivity contribution is 0.372. The molecule has 0 saturated carbocycles. The number of methoxy groups -OCH3 is 1. The second-order valence-electron chi connectivity index (χ2n) is 4.39. The van der Waals surface area contributed by atoms with Gasteiger partial charge in [-0.05, 0) is 56.0 Å². The first-order valence-electron chi connectivity index (χ1n) is 5.82. The number of hydrogen-bond acceptors (Lipinski definition) is 2. The molecule has 0 aromatic heterocycles. The van der Waals surface area contributed by atoms with Crippen LogP contribution in [-0.4, -0.2) is 20.2 Å². The van der Waals surface area contributed by atoms with Crippen molar-refractivity contribution in [2.75, 3.05) is 20.2 Å². The Kier molecular flexibility index (Phi) is 5.72. The third-order valence-electron chi connectivity index (χ3n) is 3.14. The lowest BCUT2D eigenvalue weighted by Gasteiger charge is -2.22. The molecule has 2 nitrogen and oxygen atoms in total. The van der Waals surface area contributed by atoms with Crippen LogP contribution < -0.4 is 10.1 Å². The Bertz CT molecular complexity index is 353. The van der Waals surface area contributed by atoms with Crippen LogP contribution in [0.2, 0.25) is 0 Å². The van der Waals surface area contributed by atoms with E-state index in [0.717, 1.165) is 25.1 Å². The molecule has 1 aromatic carbocycles. The summed E-state index contributed by atoms with van der Waals surface area (Å²) in [5, 5.41) is 3.37. The van der Waals surface area contributed by atoms with E-state index >= 15 is 0 Å². The van der Waals surface area contributed by atoms with Crippen molar-refractivity contribution >= 4 is 12.4 Å². The molecule has 1 saturated heterocycles. The molecule has 1 aromatic rings. The Morgan fingerprint density at radius 1 is 1.47 bits per heavy atom. The fraction of sp³-hybridized carbons (Fsp3) is 0.538. The summed E-state index contributed by atoms with van der Waals surface area (Å²) in [6.45, 7) is 2.17. The van der Waals surface area contributed by atoms with Gasteiger partial charge in [-0.25, -0.2) is 4.39 Å². The molecule has 1 fully saturated rings. The summed E-state index contributed by atoms with van der Waals surface area (Å²) in [6, 6.07) is 5.25. The van der Waals surface area contributed by atoms with Gasteiger partial charge < -0.3 is 10.1 Å². The first kappa shape index (κ1) is 14.3. The molecule has 1 aliphatic heterocycles. The second kappa shape index (κ2) is 6.82. The van der Waals surface area contributed by atoms with Gasteiger partial charge in [0.1, 0.15) is 0 Å². The highest BCUT2D eigenvalue weighted by atomic mass is 35.5. The van der Waals surface area contributed by atoms with Crippen LogP contribution in [-0.2, 0) is 6.42 Å². The number of ether oxygens (including phenoxy) is 1. The molecule has 0 amide bonds. The van der Waals surface area contributed by atoms with Gasteiger partial charge in [0.25, 0.3) is 0 Å². The average molecular weight is 260 g/mol. The van der Waals surface area contributed by atoms with Crippen LogP contribution in [0.3, 0.4) is 0 Å². The molecule has 2 rings (SSSR count). The van der Waals surface area contributed by atoms with Crippen LogP contribution in [0.4, 0.5) is 4.39 Å². The van der Waals surface area contributed by atoms with Crippen LogP contribution in [0.5, 0.6) is 5.75 Å². The number of hydrogen-bond donors (Lipinski definition) is 1. The third kappa shape index (κ3) is 3.86. The first-order chi connectivity index (χ1) is 7.79. The molecule has 0 bridgehead atoms. The quantitative estimate of drug-likeness (QED) is 0.901. The number of piperidine rings is 1. The van der Waals surface area contributed by atoms with Crippen molar-refractivity contribution in [2.24, 2.45) is 5.92 Å². The molecule has 1 atom stereocenters. The van der Waals surface area contributed by atoms with Crippen molar-refractivity contribution < 1.29 is 9.13 Å². The van der Waals surface area contributed by atoms with Gasteiger partial charge in [0.15, 0.2) is 11.6 Å². The van der Waals surface area contributed by atoms with Crippen LogP contribution in [0.15, 0.2) is 18.2 Å². The Morgan fingerprint density at radius 3 is 2.88 bits per heavy atom. The van der Waals surface area contributed by atoms with Crippen LogP contribution in [0.1, 0.15) is 18.4 Å². The molecule has 96 valence electrons. The smallest absolute Gasteiger partial charge is 0.165 e. The van der Waals surface area contributed by atoms with Gasteiger partial charge in [-0.1, -0.05) is 6.07 Å². The maximum atomic E-state index is 13.5. The van der Waals surface area contributed by atoms with E-state index in [9.17, 15) is 4.39 Å². The van der Waals surface area contributed by atoms with Gasteiger partial charge in [0, 0.05) is 0 Å². The Hall–Kier alpha value is -0.800. The zero-order chi connectivity index (χ0) is 11.4. The number of nitrogens with one attached hydrogen (secondary N) is 1. The minimum atomic E-state index is -0.260. The van der Waals surface area contributed by atoms with E-state index in [1.165, 1.54) is 20.0 Å². The van der Waals surface area contributed by atoms with Gasteiger partial charge >= 0.3 is 0 Å². The van der Waals surface area contributed by atoms with E-state index < -0.39 is 0 Å². The van der Waals surface area contributed by atoms with Crippen molar-refractivity contribution in [2.45, 2.75) is 19.3 Å². The summed E-state index contributed by atoms with van der Waals surface area (Å²) in [4.78, 5) is 0. The maximum absolute atomic E-state index is 13.5. The van der Waals surface area contributed by atoms with E-state index in [2.05, 4.69) is 5.32 Å². The molecule has 1 unspecified atom stereocenters. The van der Waals surface area contributed by atoms with Crippen molar-refractivity contribution in [3.63, 3.8) is 0 Å². The van der Waals surface area contributed by atoms with E-state index in [1.807, 2.05) is 6.07 Å². The van der Waals surface area contributed by atoms with Crippen molar-refractivity contribution in [3.8, 4) is 5.75 Å².